The smallest absolute Gasteiger partial charge is 0.269 e. The molecule has 5 nitrogen and oxygen atoms in total. The van der Waals surface area contributed by atoms with Crippen LogP contribution in [0.3, 0.4) is 0 Å². The zero-order valence-corrected chi connectivity index (χ0v) is 11.9. The molecule has 0 saturated carbocycles. The van der Waals surface area contributed by atoms with Gasteiger partial charge in [0.1, 0.15) is 11.9 Å². The van der Waals surface area contributed by atoms with Crippen LogP contribution >= 0.6 is 0 Å². The highest BCUT2D eigenvalue weighted by molar-refractivity contribution is 5.35. The summed E-state index contributed by atoms with van der Waals surface area (Å²) in [6.07, 6.45) is 0.320. The van der Waals surface area contributed by atoms with Crippen molar-refractivity contribution in [3.63, 3.8) is 0 Å². The second kappa shape index (κ2) is 6.85. The molecule has 0 amide bonds. The lowest BCUT2D eigenvalue weighted by atomic mass is 10.1. The van der Waals surface area contributed by atoms with Crippen LogP contribution in [-0.4, -0.2) is 17.6 Å². The van der Waals surface area contributed by atoms with E-state index in [0.717, 1.165) is 16.9 Å². The molecule has 0 radical (unpaired) electrons. The van der Waals surface area contributed by atoms with Crippen LogP contribution in [-0.2, 0) is 6.42 Å². The number of nitro benzene ring substituents is 1. The average Bonchev–Trinajstić information content (AvgIpc) is 2.47. The normalized spacial score (nSPS) is 11.9. The molecule has 1 atom stereocenters. The number of rotatable bonds is 6. The van der Waals surface area contributed by atoms with Crippen molar-refractivity contribution in [1.29, 1.82) is 0 Å². The largest absolute Gasteiger partial charge is 0.489 e. The Balaban J connectivity index is 2.08. The Kier molecular flexibility index (Phi) is 4.90. The first-order chi connectivity index (χ1) is 10.1. The summed E-state index contributed by atoms with van der Waals surface area (Å²) in [5.74, 6) is 0.760. The Bertz CT molecular complexity index is 628. The van der Waals surface area contributed by atoms with E-state index in [1.807, 2.05) is 37.3 Å². The molecule has 21 heavy (non-hydrogen) atoms. The van der Waals surface area contributed by atoms with Gasteiger partial charge in [0.15, 0.2) is 0 Å². The first-order valence-corrected chi connectivity index (χ1v) is 6.75. The van der Waals surface area contributed by atoms with E-state index in [-0.39, 0.29) is 11.8 Å². The third kappa shape index (κ3) is 4.29. The highest BCUT2D eigenvalue weighted by atomic mass is 16.6. The van der Waals surface area contributed by atoms with Gasteiger partial charge in [-0.3, -0.25) is 10.1 Å². The lowest BCUT2D eigenvalue weighted by Gasteiger charge is -2.17. The summed E-state index contributed by atoms with van der Waals surface area (Å²) in [6.45, 7) is 2.33. The predicted molar refractivity (Wildman–Crippen MR) is 81.4 cm³/mol. The van der Waals surface area contributed by atoms with Crippen LogP contribution in [0.2, 0.25) is 0 Å². The van der Waals surface area contributed by atoms with E-state index < -0.39 is 4.92 Å². The fourth-order valence-corrected chi connectivity index (χ4v) is 2.11. The maximum atomic E-state index is 10.8. The lowest BCUT2D eigenvalue weighted by molar-refractivity contribution is -0.384. The van der Waals surface area contributed by atoms with Crippen LogP contribution in [0.25, 0.3) is 0 Å². The van der Waals surface area contributed by atoms with Crippen molar-refractivity contribution in [1.82, 2.24) is 0 Å². The minimum atomic E-state index is -0.400. The number of aryl methyl sites for hydroxylation is 1. The summed E-state index contributed by atoms with van der Waals surface area (Å²) in [5, 5.41) is 10.8. The van der Waals surface area contributed by atoms with Crippen LogP contribution in [0.5, 0.6) is 5.75 Å². The third-order valence-corrected chi connectivity index (χ3v) is 3.14. The highest BCUT2D eigenvalue weighted by Gasteiger charge is 2.12. The lowest BCUT2D eigenvalue weighted by Crippen LogP contribution is -2.29. The van der Waals surface area contributed by atoms with Crippen molar-refractivity contribution in [2.75, 3.05) is 6.54 Å². The van der Waals surface area contributed by atoms with Crippen molar-refractivity contribution < 1.29 is 9.66 Å². The maximum Gasteiger partial charge on any atom is 0.269 e. The summed E-state index contributed by atoms with van der Waals surface area (Å²) < 4.78 is 5.85. The fourth-order valence-electron chi connectivity index (χ4n) is 2.11. The van der Waals surface area contributed by atoms with Crippen molar-refractivity contribution >= 4 is 5.69 Å². The topological polar surface area (TPSA) is 78.4 Å². The molecule has 5 heteroatoms. The number of nitro groups is 1. The van der Waals surface area contributed by atoms with E-state index in [2.05, 4.69) is 0 Å². The number of non-ortho nitro benzene ring substituents is 1. The molecule has 2 N–H and O–H groups in total. The van der Waals surface area contributed by atoms with Crippen LogP contribution in [0.15, 0.2) is 48.5 Å². The molecule has 0 spiro atoms. The molecule has 0 aromatic heterocycles. The summed E-state index contributed by atoms with van der Waals surface area (Å²) in [4.78, 5) is 10.4. The minimum Gasteiger partial charge on any atom is -0.489 e. The van der Waals surface area contributed by atoms with Gasteiger partial charge in [0.05, 0.1) is 4.92 Å². The van der Waals surface area contributed by atoms with Crippen LogP contribution in [0, 0.1) is 17.0 Å². The van der Waals surface area contributed by atoms with Gasteiger partial charge in [-0.25, -0.2) is 0 Å². The zero-order valence-electron chi connectivity index (χ0n) is 11.9. The molecule has 110 valence electrons. The summed E-state index contributed by atoms with van der Waals surface area (Å²) in [6, 6.07) is 14.3. The first kappa shape index (κ1) is 15.0. The molecule has 0 aliphatic rings. The van der Waals surface area contributed by atoms with Crippen molar-refractivity contribution in [2.24, 2.45) is 5.73 Å². The molecule has 0 saturated heterocycles. The fraction of sp³-hybridized carbons (Fsp3) is 0.250. The molecule has 2 aromatic rings. The Labute approximate surface area is 123 Å². The van der Waals surface area contributed by atoms with Gasteiger partial charge in [-0.2, -0.15) is 0 Å². The average molecular weight is 286 g/mol. The van der Waals surface area contributed by atoms with E-state index in [0.29, 0.717) is 13.0 Å². The van der Waals surface area contributed by atoms with Gasteiger partial charge in [-0.1, -0.05) is 24.3 Å². The van der Waals surface area contributed by atoms with E-state index >= 15 is 0 Å². The number of hydrogen-bond acceptors (Lipinski definition) is 4. The molecule has 2 aromatic carbocycles. The third-order valence-electron chi connectivity index (χ3n) is 3.14. The van der Waals surface area contributed by atoms with E-state index in [1.54, 1.807) is 12.1 Å². The van der Waals surface area contributed by atoms with Gasteiger partial charge in [0, 0.05) is 25.1 Å². The maximum absolute atomic E-state index is 10.8. The number of nitrogens with two attached hydrogens (primary N) is 1. The second-order valence-corrected chi connectivity index (χ2v) is 4.92. The Morgan fingerprint density at radius 3 is 2.67 bits per heavy atom. The number of benzene rings is 2. The van der Waals surface area contributed by atoms with Gasteiger partial charge in [-0.05, 0) is 30.2 Å². The molecule has 0 fully saturated rings. The molecular formula is C16H18N2O3. The van der Waals surface area contributed by atoms with Gasteiger partial charge < -0.3 is 10.5 Å². The molecular weight excluding hydrogens is 268 g/mol. The Morgan fingerprint density at radius 1 is 1.24 bits per heavy atom. The minimum absolute atomic E-state index is 0.0822. The van der Waals surface area contributed by atoms with Crippen LogP contribution < -0.4 is 10.5 Å². The summed E-state index contributed by atoms with van der Waals surface area (Å²) >= 11 is 0. The number of hydrogen-bond donors (Lipinski definition) is 1. The standard InChI is InChI=1S/C16H18N2O3/c1-12-4-2-7-15(8-12)21-16(11-17)10-13-5-3-6-14(9-13)18(19)20/h2-9,16H,10-11,17H2,1H3. The molecule has 1 unspecified atom stereocenters. The van der Waals surface area contributed by atoms with E-state index in [9.17, 15) is 10.1 Å². The summed E-state index contributed by atoms with van der Waals surface area (Å²) in [5.41, 5.74) is 7.78. The van der Waals surface area contributed by atoms with Gasteiger partial charge >= 0.3 is 0 Å². The molecule has 0 aliphatic heterocycles. The van der Waals surface area contributed by atoms with Crippen LogP contribution in [0.1, 0.15) is 11.1 Å². The number of nitrogens with zero attached hydrogens (tertiary/aromatic N) is 1. The van der Waals surface area contributed by atoms with Crippen molar-refractivity contribution in [3.8, 4) is 5.75 Å². The first-order valence-electron chi connectivity index (χ1n) is 6.75. The highest BCUT2D eigenvalue weighted by Crippen LogP contribution is 2.18. The Morgan fingerprint density at radius 2 is 2.00 bits per heavy atom. The molecule has 0 bridgehead atoms. The quantitative estimate of drug-likeness (QED) is 0.654. The SMILES string of the molecule is Cc1cccc(OC(CN)Cc2cccc([N+](=O)[O-])c2)c1. The number of ether oxygens (including phenoxy) is 1. The predicted octanol–water partition coefficient (Wildman–Crippen LogP) is 2.85. The van der Waals surface area contributed by atoms with Crippen LogP contribution in [0.4, 0.5) is 5.69 Å². The zero-order chi connectivity index (χ0) is 15.2. The van der Waals surface area contributed by atoms with Gasteiger partial charge in [0.2, 0.25) is 0 Å². The van der Waals surface area contributed by atoms with Crippen molar-refractivity contribution in [2.45, 2.75) is 19.4 Å². The van der Waals surface area contributed by atoms with Crippen molar-refractivity contribution in [3.05, 3.63) is 69.8 Å². The van der Waals surface area contributed by atoms with Gasteiger partial charge in [0.25, 0.3) is 5.69 Å². The molecule has 0 aliphatic carbocycles. The molecule has 2 rings (SSSR count). The summed E-state index contributed by atoms with van der Waals surface area (Å²) in [7, 11) is 0. The Hall–Kier alpha value is -2.40. The van der Waals surface area contributed by atoms with E-state index in [4.69, 9.17) is 10.5 Å². The molecule has 0 heterocycles. The van der Waals surface area contributed by atoms with Gasteiger partial charge in [-0.15, -0.1) is 0 Å². The second-order valence-electron chi connectivity index (χ2n) is 4.92. The van der Waals surface area contributed by atoms with E-state index in [1.165, 1.54) is 6.07 Å². The monoisotopic (exact) mass is 286 g/mol.